The highest BCUT2D eigenvalue weighted by molar-refractivity contribution is 9.10. The highest BCUT2D eigenvalue weighted by atomic mass is 79.9. The molecule has 0 amide bonds. The molecule has 6 heteroatoms. The third-order valence-corrected chi connectivity index (χ3v) is 3.80. The summed E-state index contributed by atoms with van der Waals surface area (Å²) in [6.07, 6.45) is 0. The largest absolute Gasteiger partial charge is 0.495 e. The second-order valence-electron chi connectivity index (χ2n) is 5.18. The maximum atomic E-state index is 5.36. The second-order valence-corrected chi connectivity index (χ2v) is 6.09. The van der Waals surface area contributed by atoms with Gasteiger partial charge in [-0.3, -0.25) is 0 Å². The Morgan fingerprint density at radius 2 is 1.79 bits per heavy atom. The third kappa shape index (κ3) is 4.02. The molecule has 0 aliphatic rings. The van der Waals surface area contributed by atoms with Crippen LogP contribution in [-0.4, -0.2) is 17.1 Å². The van der Waals surface area contributed by atoms with Crippen molar-refractivity contribution < 1.29 is 4.74 Å². The molecule has 2 aromatic carbocycles. The van der Waals surface area contributed by atoms with E-state index in [-0.39, 0.29) is 0 Å². The standard InChI is InChI=1S/C18H17BrN4O/c1-12-10-17(22-15-8-3-4-9-16(15)24-2)23-18(20-12)21-14-7-5-6-13(19)11-14/h3-11H,1-2H3,(H2,20,21,22,23). The Labute approximate surface area is 149 Å². The molecule has 3 aromatic rings. The van der Waals surface area contributed by atoms with Crippen molar-refractivity contribution in [3.05, 3.63) is 64.8 Å². The van der Waals surface area contributed by atoms with Crippen molar-refractivity contribution in [2.75, 3.05) is 17.7 Å². The van der Waals surface area contributed by atoms with E-state index in [9.17, 15) is 0 Å². The van der Waals surface area contributed by atoms with Crippen LogP contribution in [0.3, 0.4) is 0 Å². The molecule has 0 aliphatic carbocycles. The molecule has 122 valence electrons. The van der Waals surface area contributed by atoms with Crippen molar-refractivity contribution in [1.29, 1.82) is 0 Å². The fourth-order valence-electron chi connectivity index (χ4n) is 2.27. The highest BCUT2D eigenvalue weighted by Crippen LogP contribution is 2.27. The molecule has 1 heterocycles. The topological polar surface area (TPSA) is 59.1 Å². The number of aryl methyl sites for hydroxylation is 1. The Morgan fingerprint density at radius 1 is 0.958 bits per heavy atom. The molecule has 1 aromatic heterocycles. The fourth-order valence-corrected chi connectivity index (χ4v) is 2.67. The number of benzene rings is 2. The molecule has 0 unspecified atom stereocenters. The van der Waals surface area contributed by atoms with Crippen LogP contribution in [0.2, 0.25) is 0 Å². The number of ether oxygens (including phenoxy) is 1. The first-order valence-electron chi connectivity index (χ1n) is 7.42. The first-order valence-corrected chi connectivity index (χ1v) is 8.21. The van der Waals surface area contributed by atoms with E-state index in [4.69, 9.17) is 4.74 Å². The average Bonchev–Trinajstić information content (AvgIpc) is 2.55. The SMILES string of the molecule is COc1ccccc1Nc1cc(C)nc(Nc2cccc(Br)c2)n1. The van der Waals surface area contributed by atoms with E-state index in [0.717, 1.165) is 27.3 Å². The number of methoxy groups -OCH3 is 1. The molecule has 2 N–H and O–H groups in total. The first kappa shape index (κ1) is 16.3. The van der Waals surface area contributed by atoms with Gasteiger partial charge in [0.15, 0.2) is 0 Å². The predicted molar refractivity (Wildman–Crippen MR) is 100 cm³/mol. The Kier molecular flexibility index (Phi) is 4.96. The highest BCUT2D eigenvalue weighted by Gasteiger charge is 2.06. The van der Waals surface area contributed by atoms with Gasteiger partial charge in [0.25, 0.3) is 0 Å². The molecule has 0 radical (unpaired) electrons. The second kappa shape index (κ2) is 7.31. The number of aromatic nitrogens is 2. The summed E-state index contributed by atoms with van der Waals surface area (Å²) in [7, 11) is 1.64. The molecule has 0 saturated heterocycles. The van der Waals surface area contributed by atoms with Gasteiger partial charge >= 0.3 is 0 Å². The van der Waals surface area contributed by atoms with Crippen molar-refractivity contribution in [3.8, 4) is 5.75 Å². The normalized spacial score (nSPS) is 10.3. The van der Waals surface area contributed by atoms with Gasteiger partial charge < -0.3 is 15.4 Å². The van der Waals surface area contributed by atoms with Gasteiger partial charge in [0, 0.05) is 21.9 Å². The summed E-state index contributed by atoms with van der Waals surface area (Å²) in [6.45, 7) is 1.93. The summed E-state index contributed by atoms with van der Waals surface area (Å²) in [5.74, 6) is 1.99. The van der Waals surface area contributed by atoms with Crippen LogP contribution >= 0.6 is 15.9 Å². The minimum absolute atomic E-state index is 0.533. The summed E-state index contributed by atoms with van der Waals surface area (Å²) < 4.78 is 6.35. The van der Waals surface area contributed by atoms with Crippen LogP contribution in [0.5, 0.6) is 5.75 Å². The molecule has 0 bridgehead atoms. The fraction of sp³-hybridized carbons (Fsp3) is 0.111. The maximum absolute atomic E-state index is 5.36. The zero-order chi connectivity index (χ0) is 16.9. The van der Waals surface area contributed by atoms with Gasteiger partial charge in [-0.05, 0) is 37.3 Å². The van der Waals surface area contributed by atoms with Gasteiger partial charge in [0.1, 0.15) is 11.6 Å². The lowest BCUT2D eigenvalue weighted by atomic mass is 10.3. The molecular weight excluding hydrogens is 368 g/mol. The number of nitrogens with zero attached hydrogens (tertiary/aromatic N) is 2. The Morgan fingerprint density at radius 3 is 2.58 bits per heavy atom. The maximum Gasteiger partial charge on any atom is 0.229 e. The summed E-state index contributed by atoms with van der Waals surface area (Å²) in [6, 6.07) is 17.5. The monoisotopic (exact) mass is 384 g/mol. The van der Waals surface area contributed by atoms with Crippen molar-refractivity contribution >= 4 is 39.1 Å². The lowest BCUT2D eigenvalue weighted by Crippen LogP contribution is -2.03. The van der Waals surface area contributed by atoms with Crippen LogP contribution in [0.15, 0.2) is 59.1 Å². The summed E-state index contributed by atoms with van der Waals surface area (Å²) in [5.41, 5.74) is 2.63. The molecule has 0 saturated carbocycles. The summed E-state index contributed by atoms with van der Waals surface area (Å²) in [4.78, 5) is 8.96. The van der Waals surface area contributed by atoms with Crippen LogP contribution in [0.4, 0.5) is 23.1 Å². The molecule has 3 rings (SSSR count). The smallest absolute Gasteiger partial charge is 0.229 e. The minimum Gasteiger partial charge on any atom is -0.495 e. The third-order valence-electron chi connectivity index (χ3n) is 3.30. The summed E-state index contributed by atoms with van der Waals surface area (Å²) >= 11 is 3.46. The lowest BCUT2D eigenvalue weighted by molar-refractivity contribution is 0.417. The number of hydrogen-bond donors (Lipinski definition) is 2. The van der Waals surface area contributed by atoms with Crippen LogP contribution in [0, 0.1) is 6.92 Å². The van der Waals surface area contributed by atoms with Gasteiger partial charge in [0.2, 0.25) is 5.95 Å². The van der Waals surface area contributed by atoms with Gasteiger partial charge in [-0.2, -0.15) is 4.98 Å². The van der Waals surface area contributed by atoms with Crippen molar-refractivity contribution in [1.82, 2.24) is 9.97 Å². The predicted octanol–water partition coefficient (Wildman–Crippen LogP) is 5.04. The van der Waals surface area contributed by atoms with E-state index in [1.807, 2.05) is 61.5 Å². The number of hydrogen-bond acceptors (Lipinski definition) is 5. The van der Waals surface area contributed by atoms with Crippen molar-refractivity contribution in [2.45, 2.75) is 6.92 Å². The quantitative estimate of drug-likeness (QED) is 0.644. The van der Waals surface area contributed by atoms with Gasteiger partial charge in [-0.25, -0.2) is 4.98 Å². The van der Waals surface area contributed by atoms with Gasteiger partial charge in [0.05, 0.1) is 12.8 Å². The molecule has 0 spiro atoms. The van der Waals surface area contributed by atoms with Gasteiger partial charge in [-0.15, -0.1) is 0 Å². The van der Waals surface area contributed by atoms with E-state index in [0.29, 0.717) is 11.8 Å². The number of rotatable bonds is 5. The number of nitrogens with one attached hydrogen (secondary N) is 2. The van der Waals surface area contributed by atoms with E-state index in [2.05, 4.69) is 36.5 Å². The minimum atomic E-state index is 0.533. The molecule has 24 heavy (non-hydrogen) atoms. The van der Waals surface area contributed by atoms with Crippen LogP contribution in [-0.2, 0) is 0 Å². The van der Waals surface area contributed by atoms with Crippen LogP contribution < -0.4 is 15.4 Å². The number of halogens is 1. The zero-order valence-electron chi connectivity index (χ0n) is 13.4. The molecule has 0 atom stereocenters. The zero-order valence-corrected chi connectivity index (χ0v) is 15.0. The first-order chi connectivity index (χ1) is 11.6. The summed E-state index contributed by atoms with van der Waals surface area (Å²) in [5, 5.41) is 6.49. The van der Waals surface area contributed by atoms with E-state index >= 15 is 0 Å². The number of para-hydroxylation sites is 2. The van der Waals surface area contributed by atoms with Crippen LogP contribution in [0.1, 0.15) is 5.69 Å². The van der Waals surface area contributed by atoms with Crippen molar-refractivity contribution in [2.24, 2.45) is 0 Å². The lowest BCUT2D eigenvalue weighted by Gasteiger charge is -2.12. The molecule has 0 fully saturated rings. The van der Waals surface area contributed by atoms with E-state index in [1.165, 1.54) is 0 Å². The Hall–Kier alpha value is -2.60. The van der Waals surface area contributed by atoms with Crippen LogP contribution in [0.25, 0.3) is 0 Å². The molecule has 5 nitrogen and oxygen atoms in total. The van der Waals surface area contributed by atoms with E-state index < -0.39 is 0 Å². The van der Waals surface area contributed by atoms with Gasteiger partial charge in [-0.1, -0.05) is 34.1 Å². The molecule has 0 aliphatic heterocycles. The Bertz CT molecular complexity index is 854. The van der Waals surface area contributed by atoms with E-state index in [1.54, 1.807) is 7.11 Å². The number of anilines is 4. The van der Waals surface area contributed by atoms with Crippen molar-refractivity contribution in [3.63, 3.8) is 0 Å². The Balaban J connectivity index is 1.86. The average molecular weight is 385 g/mol. The molecular formula is C18H17BrN4O.